The van der Waals surface area contributed by atoms with Gasteiger partial charge in [-0.15, -0.1) is 0 Å². The summed E-state index contributed by atoms with van der Waals surface area (Å²) >= 11 is 1.82. The van der Waals surface area contributed by atoms with E-state index in [1.165, 1.54) is 5.56 Å². The van der Waals surface area contributed by atoms with Gasteiger partial charge in [-0.25, -0.2) is 0 Å². The molecule has 1 aromatic rings. The summed E-state index contributed by atoms with van der Waals surface area (Å²) in [6.45, 7) is 8.89. The molecule has 0 aliphatic carbocycles. The van der Waals surface area contributed by atoms with Gasteiger partial charge in [0.05, 0.1) is 6.04 Å². The van der Waals surface area contributed by atoms with Crippen LogP contribution in [-0.2, 0) is 0 Å². The molecule has 98 valence electrons. The van der Waals surface area contributed by atoms with Gasteiger partial charge < -0.3 is 5.32 Å². The number of amidine groups is 1. The van der Waals surface area contributed by atoms with Gasteiger partial charge in [-0.2, -0.15) is 0 Å². The Hall–Kier alpha value is -0.960. The highest BCUT2D eigenvalue weighted by Gasteiger charge is 2.20. The molecule has 1 aliphatic heterocycles. The van der Waals surface area contributed by atoms with Crippen LogP contribution in [-0.4, -0.2) is 17.0 Å². The highest BCUT2D eigenvalue weighted by Crippen LogP contribution is 2.25. The summed E-state index contributed by atoms with van der Waals surface area (Å²) in [6, 6.07) is 9.12. The lowest BCUT2D eigenvalue weighted by Crippen LogP contribution is -2.12. The average molecular weight is 262 g/mol. The van der Waals surface area contributed by atoms with Crippen LogP contribution < -0.4 is 5.32 Å². The molecule has 2 nitrogen and oxygen atoms in total. The van der Waals surface area contributed by atoms with Crippen LogP contribution in [0, 0.1) is 5.92 Å². The lowest BCUT2D eigenvalue weighted by molar-refractivity contribution is 0.543. The van der Waals surface area contributed by atoms with Crippen LogP contribution in [0.3, 0.4) is 0 Å². The van der Waals surface area contributed by atoms with Crippen molar-refractivity contribution >= 4 is 22.6 Å². The Labute approximate surface area is 114 Å². The second kappa shape index (κ2) is 5.79. The first-order chi connectivity index (χ1) is 8.56. The van der Waals surface area contributed by atoms with E-state index in [2.05, 4.69) is 57.3 Å². The largest absolute Gasteiger partial charge is 0.335 e. The first kappa shape index (κ1) is 13.5. The van der Waals surface area contributed by atoms with E-state index < -0.39 is 0 Å². The van der Waals surface area contributed by atoms with Crippen molar-refractivity contribution in [2.24, 2.45) is 10.9 Å². The van der Waals surface area contributed by atoms with E-state index >= 15 is 0 Å². The van der Waals surface area contributed by atoms with Crippen molar-refractivity contribution in [3.8, 4) is 0 Å². The Morgan fingerprint density at radius 1 is 1.17 bits per heavy atom. The summed E-state index contributed by atoms with van der Waals surface area (Å²) in [4.78, 5) is 4.71. The minimum atomic E-state index is 0.465. The number of benzene rings is 1. The van der Waals surface area contributed by atoms with Crippen LogP contribution in [0.1, 0.15) is 39.2 Å². The fourth-order valence-electron chi connectivity index (χ4n) is 1.87. The van der Waals surface area contributed by atoms with E-state index in [0.717, 1.165) is 16.6 Å². The van der Waals surface area contributed by atoms with Crippen LogP contribution in [0.25, 0.3) is 0 Å². The fourth-order valence-corrected chi connectivity index (χ4v) is 3.06. The summed E-state index contributed by atoms with van der Waals surface area (Å²) in [5.74, 6) is 2.31. The van der Waals surface area contributed by atoms with Crippen LogP contribution in [0.5, 0.6) is 0 Å². The molecule has 0 aromatic heterocycles. The molecule has 1 unspecified atom stereocenters. The first-order valence-corrected chi connectivity index (χ1v) is 7.62. The molecular weight excluding hydrogens is 240 g/mol. The zero-order valence-corrected chi connectivity index (χ0v) is 12.4. The summed E-state index contributed by atoms with van der Waals surface area (Å²) in [5, 5.41) is 4.47. The SMILES string of the molecule is CC(C)c1ccc(NC2=NC(C(C)C)CS2)cc1. The Morgan fingerprint density at radius 2 is 1.83 bits per heavy atom. The minimum Gasteiger partial charge on any atom is -0.335 e. The van der Waals surface area contributed by atoms with Crippen LogP contribution >= 0.6 is 11.8 Å². The Kier molecular flexibility index (Phi) is 4.33. The number of hydrogen-bond acceptors (Lipinski definition) is 3. The smallest absolute Gasteiger partial charge is 0.161 e. The third-order valence-corrected chi connectivity index (χ3v) is 4.26. The molecule has 3 heteroatoms. The van der Waals surface area contributed by atoms with E-state index in [-0.39, 0.29) is 0 Å². The first-order valence-electron chi connectivity index (χ1n) is 6.64. The third-order valence-electron chi connectivity index (χ3n) is 3.27. The maximum Gasteiger partial charge on any atom is 0.161 e. The Morgan fingerprint density at radius 3 is 2.33 bits per heavy atom. The van der Waals surface area contributed by atoms with E-state index in [1.54, 1.807) is 0 Å². The quantitative estimate of drug-likeness (QED) is 0.875. The summed E-state index contributed by atoms with van der Waals surface area (Å²) < 4.78 is 0. The highest BCUT2D eigenvalue weighted by molar-refractivity contribution is 8.14. The molecule has 1 aromatic carbocycles. The summed E-state index contributed by atoms with van der Waals surface area (Å²) in [6.07, 6.45) is 0. The maximum absolute atomic E-state index is 4.71. The molecular formula is C15H22N2S. The third kappa shape index (κ3) is 3.29. The van der Waals surface area contributed by atoms with Crippen molar-refractivity contribution < 1.29 is 0 Å². The van der Waals surface area contributed by atoms with Gasteiger partial charge in [0.25, 0.3) is 0 Å². The number of anilines is 1. The number of hydrogen-bond donors (Lipinski definition) is 1. The number of thioether (sulfide) groups is 1. The number of nitrogens with zero attached hydrogens (tertiary/aromatic N) is 1. The second-order valence-electron chi connectivity index (χ2n) is 5.46. The standard InChI is InChI=1S/C15H22N2S/c1-10(2)12-5-7-13(8-6-12)16-15-17-14(9-18-15)11(3)4/h5-8,10-11,14H,9H2,1-4H3,(H,16,17). The van der Waals surface area contributed by atoms with Crippen LogP contribution in [0.2, 0.25) is 0 Å². The van der Waals surface area contributed by atoms with E-state index in [9.17, 15) is 0 Å². The number of aliphatic imine (C=N–C) groups is 1. The van der Waals surface area contributed by atoms with Gasteiger partial charge in [-0.3, -0.25) is 4.99 Å². The fraction of sp³-hybridized carbons (Fsp3) is 0.533. The molecule has 1 heterocycles. The lowest BCUT2D eigenvalue weighted by atomic mass is 10.0. The van der Waals surface area contributed by atoms with E-state index in [1.807, 2.05) is 11.8 Å². The zero-order chi connectivity index (χ0) is 13.1. The van der Waals surface area contributed by atoms with Gasteiger partial charge >= 0.3 is 0 Å². The number of rotatable bonds is 3. The van der Waals surface area contributed by atoms with Gasteiger partial charge in [0.2, 0.25) is 0 Å². The van der Waals surface area contributed by atoms with Crippen molar-refractivity contribution in [1.82, 2.24) is 0 Å². The van der Waals surface area contributed by atoms with Gasteiger partial charge in [0, 0.05) is 11.4 Å². The van der Waals surface area contributed by atoms with E-state index in [0.29, 0.717) is 17.9 Å². The molecule has 0 saturated heterocycles. The van der Waals surface area contributed by atoms with Crippen LogP contribution in [0.4, 0.5) is 5.69 Å². The topological polar surface area (TPSA) is 24.4 Å². The molecule has 0 spiro atoms. The van der Waals surface area contributed by atoms with E-state index in [4.69, 9.17) is 4.99 Å². The van der Waals surface area contributed by atoms with Gasteiger partial charge in [-0.05, 0) is 29.5 Å². The van der Waals surface area contributed by atoms with Crippen molar-refractivity contribution in [2.45, 2.75) is 39.7 Å². The molecule has 0 fully saturated rings. The summed E-state index contributed by atoms with van der Waals surface area (Å²) in [5.41, 5.74) is 2.51. The predicted octanol–water partition coefficient (Wildman–Crippen LogP) is 4.35. The van der Waals surface area contributed by atoms with Gasteiger partial charge in [0.15, 0.2) is 5.17 Å². The maximum atomic E-state index is 4.71. The monoisotopic (exact) mass is 262 g/mol. The molecule has 0 amide bonds. The molecule has 18 heavy (non-hydrogen) atoms. The zero-order valence-electron chi connectivity index (χ0n) is 11.6. The van der Waals surface area contributed by atoms with Crippen molar-refractivity contribution in [1.29, 1.82) is 0 Å². The van der Waals surface area contributed by atoms with Crippen molar-refractivity contribution in [3.63, 3.8) is 0 Å². The average Bonchev–Trinajstić information content (AvgIpc) is 2.78. The molecule has 1 N–H and O–H groups in total. The van der Waals surface area contributed by atoms with Crippen LogP contribution in [0.15, 0.2) is 29.3 Å². The molecule has 0 saturated carbocycles. The van der Waals surface area contributed by atoms with Crippen molar-refractivity contribution in [3.05, 3.63) is 29.8 Å². The Balaban J connectivity index is 2.00. The minimum absolute atomic E-state index is 0.465. The molecule has 0 radical (unpaired) electrons. The molecule has 1 atom stereocenters. The number of nitrogens with one attached hydrogen (secondary N) is 1. The second-order valence-corrected chi connectivity index (χ2v) is 6.47. The molecule has 1 aliphatic rings. The van der Waals surface area contributed by atoms with Gasteiger partial charge in [0.1, 0.15) is 0 Å². The summed E-state index contributed by atoms with van der Waals surface area (Å²) in [7, 11) is 0. The normalized spacial score (nSPS) is 19.4. The van der Waals surface area contributed by atoms with Crippen molar-refractivity contribution in [2.75, 3.05) is 11.1 Å². The highest BCUT2D eigenvalue weighted by atomic mass is 32.2. The Bertz CT molecular complexity index is 421. The lowest BCUT2D eigenvalue weighted by Gasteiger charge is -2.09. The predicted molar refractivity (Wildman–Crippen MR) is 82.7 cm³/mol. The van der Waals surface area contributed by atoms with Gasteiger partial charge in [-0.1, -0.05) is 51.6 Å². The molecule has 2 rings (SSSR count). The molecule has 0 bridgehead atoms.